The number of azide groups is 1. The summed E-state index contributed by atoms with van der Waals surface area (Å²) < 4.78 is 39.2. The van der Waals surface area contributed by atoms with Crippen LogP contribution < -0.4 is 32.0 Å². The monoisotopic (exact) mass is 972 g/mol. The summed E-state index contributed by atoms with van der Waals surface area (Å²) in [5.74, 6) is 2.12. The fourth-order valence-corrected chi connectivity index (χ4v) is 6.55. The molecule has 0 saturated carbocycles. The first-order valence-electron chi connectivity index (χ1n) is 21.4. The highest BCUT2D eigenvalue weighted by molar-refractivity contribution is 6.02. The highest BCUT2D eigenvalue weighted by atomic mass is 16.6. The van der Waals surface area contributed by atoms with E-state index in [1.165, 1.54) is 41.1 Å². The second-order valence-electron chi connectivity index (χ2n) is 16.1. The molecule has 3 heterocycles. The number of nitrogen functional groups attached to an aromatic ring is 1. The van der Waals surface area contributed by atoms with Crippen LogP contribution in [0.25, 0.3) is 21.5 Å². The van der Waals surface area contributed by atoms with Crippen molar-refractivity contribution in [3.8, 4) is 17.6 Å². The van der Waals surface area contributed by atoms with E-state index < -0.39 is 77.9 Å². The molecule has 0 aliphatic carbocycles. The van der Waals surface area contributed by atoms with Gasteiger partial charge in [-0.25, -0.2) is 9.59 Å². The molecule has 4 aromatic rings. The molecule has 70 heavy (non-hydrogen) atoms. The van der Waals surface area contributed by atoms with Crippen molar-refractivity contribution < 1.29 is 67.0 Å². The molecule has 25 heteroatoms. The lowest BCUT2D eigenvalue weighted by atomic mass is 9.97. The Morgan fingerprint density at radius 1 is 1.00 bits per heavy atom. The molecule has 25 nitrogen and oxygen atoms in total. The molecule has 1 saturated heterocycles. The van der Waals surface area contributed by atoms with Crippen LogP contribution in [0.15, 0.2) is 58.6 Å². The Kier molecular flexibility index (Phi) is 18.8. The maximum Gasteiger partial charge on any atom is 0.337 e. The van der Waals surface area contributed by atoms with E-state index >= 15 is 0 Å². The number of amides is 3. The number of hydrogen-bond acceptors (Lipinski definition) is 18. The third-order valence-corrected chi connectivity index (χ3v) is 10.0. The highest BCUT2D eigenvalue weighted by Crippen LogP contribution is 2.35. The lowest BCUT2D eigenvalue weighted by Crippen LogP contribution is -2.34. The second kappa shape index (κ2) is 24.8. The van der Waals surface area contributed by atoms with E-state index in [9.17, 15) is 38.7 Å². The molecule has 1 aliphatic rings. The van der Waals surface area contributed by atoms with Crippen LogP contribution in [0, 0.1) is 17.3 Å². The van der Waals surface area contributed by atoms with E-state index in [-0.39, 0.29) is 103 Å². The van der Waals surface area contributed by atoms with Crippen LogP contribution >= 0.6 is 0 Å². The van der Waals surface area contributed by atoms with Gasteiger partial charge >= 0.3 is 17.9 Å². The molecule has 4 atom stereocenters. The number of benzene rings is 2. The minimum Gasteiger partial charge on any atom is -0.491 e. The number of esters is 3. The molecule has 7 N–H and O–H groups in total. The van der Waals surface area contributed by atoms with Gasteiger partial charge in [-0.2, -0.15) is 4.98 Å². The van der Waals surface area contributed by atoms with Crippen LogP contribution in [0.5, 0.6) is 5.75 Å². The minimum absolute atomic E-state index is 0.00244. The predicted molar refractivity (Wildman–Crippen MR) is 245 cm³/mol. The first kappa shape index (κ1) is 53.0. The van der Waals surface area contributed by atoms with Gasteiger partial charge in [0.25, 0.3) is 17.4 Å². The van der Waals surface area contributed by atoms with Crippen molar-refractivity contribution in [3.63, 3.8) is 0 Å². The maximum atomic E-state index is 13.0. The van der Waals surface area contributed by atoms with E-state index in [0.717, 1.165) is 14.2 Å². The standard InChI is InChI=1S/C45H52N10O15/c1-45(2,3)43(63)70-31-20-35(69-32(31)22-56)55-21-26(36-37(55)51-44(46)52-40(36)60)9-7-11-48-33(57)23-66-14-15-67-34(53-54-47)24-68-30-10-6-8-25(19-30)38(58)49-12-13-50-39(59)27-16-28(41(61)64-4)18-29(17-27)42(62)65-5/h6,8,10,16-19,21,31-32,34-35,56H,11-15,20,22-24H2,1-5H3,(H,48,57)(H,49,58)(H,50,59)(H3,46,51,52,60)/t31-,32+,34?,35+/m0/s1. The quantitative estimate of drug-likeness (QED) is 0.0131. The van der Waals surface area contributed by atoms with Gasteiger partial charge < -0.3 is 64.5 Å². The Labute approximate surface area is 399 Å². The number of aliphatic hydroxyl groups excluding tert-OH is 1. The molecule has 1 unspecified atom stereocenters. The number of aliphatic hydroxyl groups is 1. The van der Waals surface area contributed by atoms with E-state index in [0.29, 0.717) is 0 Å². The summed E-state index contributed by atoms with van der Waals surface area (Å²) in [6, 6.07) is 9.85. The Bertz CT molecular complexity index is 2720. The predicted octanol–water partition coefficient (Wildman–Crippen LogP) is 1.49. The number of hydrogen-bond donors (Lipinski definition) is 6. The number of nitrogens with zero attached hydrogens (tertiary/aromatic N) is 5. The van der Waals surface area contributed by atoms with Gasteiger partial charge in [0.1, 0.15) is 37.4 Å². The number of fused-ring (bicyclic) bond motifs is 1. The SMILES string of the molecule is COC(=O)c1cc(C(=O)NCCNC(=O)c2cccc(OCC(N=[N+]=[N-])OCCOCC(=O)NCC#Cc3cn([C@H]4C[C@H](OC(=O)C(C)(C)C)[C@@H](CO)O4)c4nc(N)[nH]c(=O)c34)c2)cc(C(=O)OC)c1. The summed E-state index contributed by atoms with van der Waals surface area (Å²) in [4.78, 5) is 97.3. The van der Waals surface area contributed by atoms with Crippen LogP contribution in [0.3, 0.4) is 0 Å². The fraction of sp³-hybridized carbons (Fsp3) is 0.422. The van der Waals surface area contributed by atoms with Crippen molar-refractivity contribution >= 4 is 52.6 Å². The van der Waals surface area contributed by atoms with Gasteiger partial charge in [-0.1, -0.05) is 23.0 Å². The number of ether oxygens (including phenoxy) is 7. The van der Waals surface area contributed by atoms with Crippen molar-refractivity contribution in [2.24, 2.45) is 10.5 Å². The summed E-state index contributed by atoms with van der Waals surface area (Å²) in [5.41, 5.74) is 14.1. The zero-order valence-electron chi connectivity index (χ0n) is 38.8. The number of rotatable bonds is 21. The van der Waals surface area contributed by atoms with Crippen molar-refractivity contribution in [1.29, 1.82) is 0 Å². The highest BCUT2D eigenvalue weighted by Gasteiger charge is 2.41. The molecule has 0 spiro atoms. The number of H-pyrrole nitrogens is 1. The van der Waals surface area contributed by atoms with Gasteiger partial charge in [0, 0.05) is 41.7 Å². The molecular formula is C45H52N10O15. The Morgan fingerprint density at radius 3 is 2.31 bits per heavy atom. The average Bonchev–Trinajstić information content (AvgIpc) is 3.92. The van der Waals surface area contributed by atoms with Gasteiger partial charge in [-0.05, 0) is 62.7 Å². The Hall–Kier alpha value is -8.01. The average molecular weight is 973 g/mol. The van der Waals surface area contributed by atoms with E-state index in [2.05, 4.69) is 47.8 Å². The summed E-state index contributed by atoms with van der Waals surface area (Å²) in [7, 11) is 2.31. The van der Waals surface area contributed by atoms with Gasteiger partial charge in [0.15, 0.2) is 11.9 Å². The zero-order chi connectivity index (χ0) is 51.0. The van der Waals surface area contributed by atoms with Crippen molar-refractivity contribution in [3.05, 3.63) is 97.3 Å². The molecule has 2 aromatic carbocycles. The van der Waals surface area contributed by atoms with Crippen LogP contribution in [-0.2, 0) is 38.0 Å². The number of nitrogens with two attached hydrogens (primary N) is 1. The Balaban J connectivity index is 1.04. The molecule has 0 radical (unpaired) electrons. The minimum atomic E-state index is -1.11. The molecular weight excluding hydrogens is 921 g/mol. The van der Waals surface area contributed by atoms with E-state index in [1.807, 2.05) is 0 Å². The van der Waals surface area contributed by atoms with Crippen LogP contribution in [0.2, 0.25) is 0 Å². The van der Waals surface area contributed by atoms with Gasteiger partial charge in [0.05, 0.1) is 68.1 Å². The smallest absolute Gasteiger partial charge is 0.337 e. The number of carbonyl (C=O) groups excluding carboxylic acids is 6. The maximum absolute atomic E-state index is 13.0. The summed E-state index contributed by atoms with van der Waals surface area (Å²) in [5, 5.41) is 21.5. The van der Waals surface area contributed by atoms with Crippen molar-refractivity contribution in [2.75, 3.05) is 72.6 Å². The normalized spacial score (nSPS) is 15.6. The number of aromatic nitrogens is 3. The zero-order valence-corrected chi connectivity index (χ0v) is 38.8. The van der Waals surface area contributed by atoms with Crippen molar-refractivity contribution in [2.45, 2.75) is 51.9 Å². The van der Waals surface area contributed by atoms with Crippen molar-refractivity contribution in [1.82, 2.24) is 30.5 Å². The van der Waals surface area contributed by atoms with Crippen LogP contribution in [0.4, 0.5) is 5.95 Å². The van der Waals surface area contributed by atoms with E-state index in [4.69, 9.17) is 44.4 Å². The van der Waals surface area contributed by atoms with Gasteiger partial charge in [-0.15, -0.1) is 0 Å². The molecule has 2 aromatic heterocycles. The van der Waals surface area contributed by atoms with Crippen LogP contribution in [-0.4, -0.2) is 141 Å². The van der Waals surface area contributed by atoms with Gasteiger partial charge in [-0.3, -0.25) is 29.0 Å². The van der Waals surface area contributed by atoms with Gasteiger partial charge in [0.2, 0.25) is 11.9 Å². The number of methoxy groups -OCH3 is 2. The van der Waals surface area contributed by atoms with E-state index in [1.54, 1.807) is 32.9 Å². The molecule has 0 bridgehead atoms. The molecule has 372 valence electrons. The molecule has 1 fully saturated rings. The summed E-state index contributed by atoms with van der Waals surface area (Å²) >= 11 is 0. The third-order valence-electron chi connectivity index (χ3n) is 10.0. The summed E-state index contributed by atoms with van der Waals surface area (Å²) in [6.45, 7) is 3.79. The number of anilines is 1. The first-order chi connectivity index (χ1) is 33.4. The largest absolute Gasteiger partial charge is 0.491 e. The lowest BCUT2D eigenvalue weighted by Gasteiger charge is -2.22. The van der Waals surface area contributed by atoms with Crippen LogP contribution in [0.1, 0.15) is 80.4 Å². The fourth-order valence-electron chi connectivity index (χ4n) is 6.55. The second-order valence-corrected chi connectivity index (χ2v) is 16.1. The topological polar surface area (TPSA) is 349 Å². The third kappa shape index (κ3) is 14.5. The number of aromatic amines is 1. The first-order valence-corrected chi connectivity index (χ1v) is 21.4. The Morgan fingerprint density at radius 2 is 1.67 bits per heavy atom. The summed E-state index contributed by atoms with van der Waals surface area (Å²) in [6.07, 6.45) is -1.83. The molecule has 3 amide bonds. The molecule has 1 aliphatic heterocycles. The number of nitrogens with one attached hydrogen (secondary N) is 4. The lowest BCUT2D eigenvalue weighted by molar-refractivity contribution is -0.162. The molecule has 5 rings (SSSR count). The number of carbonyl (C=O) groups is 6.